The minimum Gasteiger partial charge on any atom is -0.512 e. The minimum atomic E-state index is 0. The third-order valence-corrected chi connectivity index (χ3v) is 8.58. The molecule has 0 fully saturated rings. The van der Waals surface area contributed by atoms with Crippen LogP contribution in [0.25, 0.3) is 42.9 Å². The number of thiophene rings is 1. The molecule has 2 heterocycles. The van der Waals surface area contributed by atoms with Crippen LogP contribution < -0.4 is 0 Å². The van der Waals surface area contributed by atoms with Gasteiger partial charge in [0.15, 0.2) is 5.78 Å². The Morgan fingerprint density at radius 3 is 2.12 bits per heavy atom. The number of nitrogens with zero attached hydrogens (tertiary/aromatic N) is 1. The molecule has 1 N–H and O–H groups in total. The number of carbonyl (C=O) groups is 1. The molecule has 40 heavy (non-hydrogen) atoms. The first-order valence-corrected chi connectivity index (χ1v) is 14.9. The average Bonchev–Trinajstić information content (AvgIpc) is 3.34. The van der Waals surface area contributed by atoms with E-state index in [1.54, 1.807) is 0 Å². The Bertz CT molecular complexity index is 1610. The van der Waals surface area contributed by atoms with Gasteiger partial charge in [-0.15, -0.1) is 28.9 Å². The molecular formula is C35H38IrNO2S-. The van der Waals surface area contributed by atoms with Gasteiger partial charge in [0.25, 0.3) is 0 Å². The zero-order chi connectivity index (χ0) is 27.9. The van der Waals surface area contributed by atoms with Crippen LogP contribution >= 0.6 is 11.3 Å². The van der Waals surface area contributed by atoms with Gasteiger partial charge in [-0.25, -0.2) is 0 Å². The van der Waals surface area contributed by atoms with Crippen LogP contribution in [0.1, 0.15) is 58.3 Å². The predicted molar refractivity (Wildman–Crippen MR) is 168 cm³/mol. The quantitative estimate of drug-likeness (QED) is 0.0749. The molecule has 5 aromatic rings. The van der Waals surface area contributed by atoms with Crippen molar-refractivity contribution in [2.24, 2.45) is 11.8 Å². The van der Waals surface area contributed by atoms with Crippen LogP contribution in [0.4, 0.5) is 0 Å². The Kier molecular flexibility index (Phi) is 11.6. The second kappa shape index (κ2) is 14.7. The van der Waals surface area contributed by atoms with Crippen LogP contribution in [0.2, 0.25) is 0 Å². The summed E-state index contributed by atoms with van der Waals surface area (Å²) in [6, 6.07) is 25.0. The van der Waals surface area contributed by atoms with Crippen LogP contribution in [0.5, 0.6) is 0 Å². The van der Waals surface area contributed by atoms with Gasteiger partial charge in [-0.2, -0.15) is 0 Å². The molecule has 0 aliphatic rings. The van der Waals surface area contributed by atoms with Gasteiger partial charge in [-0.1, -0.05) is 91.9 Å². The first kappa shape index (κ1) is 31.7. The van der Waals surface area contributed by atoms with Crippen molar-refractivity contribution in [2.45, 2.75) is 60.3 Å². The van der Waals surface area contributed by atoms with Crippen molar-refractivity contribution in [3.05, 3.63) is 89.6 Å². The minimum absolute atomic E-state index is 0. The summed E-state index contributed by atoms with van der Waals surface area (Å²) in [5.74, 6) is 0.547. The van der Waals surface area contributed by atoms with E-state index in [0.29, 0.717) is 0 Å². The number of aliphatic hydroxyl groups is 1. The van der Waals surface area contributed by atoms with Crippen LogP contribution in [0.3, 0.4) is 0 Å². The number of aliphatic hydroxyl groups excluding tert-OH is 1. The van der Waals surface area contributed by atoms with Gasteiger partial charge in [0.05, 0.1) is 5.76 Å². The van der Waals surface area contributed by atoms with Crippen molar-refractivity contribution in [1.82, 2.24) is 4.98 Å². The maximum Gasteiger partial charge on any atom is 0.162 e. The molecule has 3 nitrogen and oxygen atoms in total. The molecule has 0 unspecified atom stereocenters. The van der Waals surface area contributed by atoms with E-state index in [4.69, 9.17) is 4.98 Å². The van der Waals surface area contributed by atoms with Gasteiger partial charge in [0.1, 0.15) is 0 Å². The van der Waals surface area contributed by atoms with E-state index in [1.807, 2.05) is 45.2 Å². The molecule has 0 bridgehead atoms. The number of rotatable bonds is 8. The molecule has 5 rings (SSSR count). The SMILES string of the molecule is CCC(CC)C(=O)/C=C(\O)C(CC)CC.Cc1cc2c(-c3[c-]c4ccccc4c4ccccc34)nccc2s1.[Ir]. The fourth-order valence-corrected chi connectivity index (χ4v) is 6.14. The number of pyridine rings is 1. The summed E-state index contributed by atoms with van der Waals surface area (Å²) in [5.41, 5.74) is 2.12. The van der Waals surface area contributed by atoms with Crippen molar-refractivity contribution >= 4 is 48.8 Å². The topological polar surface area (TPSA) is 50.2 Å². The predicted octanol–water partition coefficient (Wildman–Crippen LogP) is 10.2. The molecule has 1 radical (unpaired) electrons. The Hall–Kier alpha value is -2.85. The van der Waals surface area contributed by atoms with E-state index >= 15 is 0 Å². The summed E-state index contributed by atoms with van der Waals surface area (Å²) in [7, 11) is 0. The largest absolute Gasteiger partial charge is 0.512 e. The fraction of sp³-hybridized carbons (Fsp3) is 0.314. The summed E-state index contributed by atoms with van der Waals surface area (Å²) in [4.78, 5) is 17.7. The van der Waals surface area contributed by atoms with Gasteiger partial charge in [0, 0.05) is 59.5 Å². The number of allylic oxidation sites excluding steroid dienone is 2. The fourth-order valence-electron chi connectivity index (χ4n) is 5.22. The van der Waals surface area contributed by atoms with Crippen molar-refractivity contribution in [2.75, 3.05) is 0 Å². The molecule has 5 heteroatoms. The van der Waals surface area contributed by atoms with E-state index in [-0.39, 0.29) is 43.5 Å². The smallest absolute Gasteiger partial charge is 0.162 e. The van der Waals surface area contributed by atoms with E-state index in [2.05, 4.69) is 73.7 Å². The molecule has 2 aromatic heterocycles. The Balaban J connectivity index is 0.000000243. The number of hydrogen-bond acceptors (Lipinski definition) is 4. The number of aromatic nitrogens is 1. The summed E-state index contributed by atoms with van der Waals surface area (Å²) >= 11 is 1.82. The molecule has 0 amide bonds. The molecule has 0 aliphatic heterocycles. The number of fused-ring (bicyclic) bond motifs is 4. The number of ketones is 1. The standard InChI is InChI=1S/C22H14NS.C13H24O2.Ir/c1-14-12-20-21(24-14)10-11-23-22(20)19-13-15-6-2-3-7-16(15)17-8-4-5-9-18(17)19;1-5-10(6-2)12(14)9-13(15)11(7-3)8-4;/h2-12H,1H3;9-11,14H,5-8H2,1-4H3;/q-1;;/b;12-9-;. The van der Waals surface area contributed by atoms with E-state index < -0.39 is 0 Å². The summed E-state index contributed by atoms with van der Waals surface area (Å²) in [6.45, 7) is 10.2. The number of benzene rings is 3. The van der Waals surface area contributed by atoms with Crippen LogP contribution in [-0.2, 0) is 24.9 Å². The van der Waals surface area contributed by atoms with Crippen molar-refractivity contribution in [1.29, 1.82) is 0 Å². The zero-order valence-corrected chi connectivity index (χ0v) is 27.2. The van der Waals surface area contributed by atoms with E-state index in [1.165, 1.54) is 37.2 Å². The monoisotopic (exact) mass is 729 g/mol. The van der Waals surface area contributed by atoms with E-state index in [9.17, 15) is 9.90 Å². The molecule has 3 aromatic carbocycles. The maximum atomic E-state index is 11.7. The molecular weight excluding hydrogens is 691 g/mol. The van der Waals surface area contributed by atoms with E-state index in [0.717, 1.165) is 42.3 Å². The summed E-state index contributed by atoms with van der Waals surface area (Å²) < 4.78 is 1.28. The van der Waals surface area contributed by atoms with Crippen LogP contribution in [0, 0.1) is 24.8 Å². The van der Waals surface area contributed by atoms with Crippen molar-refractivity contribution < 1.29 is 30.0 Å². The maximum absolute atomic E-state index is 11.7. The molecule has 0 saturated carbocycles. The number of aryl methyl sites for hydroxylation is 1. The number of carbonyl (C=O) groups excluding carboxylic acids is 1. The van der Waals surface area contributed by atoms with Gasteiger partial charge >= 0.3 is 0 Å². The van der Waals surface area contributed by atoms with Crippen molar-refractivity contribution in [3.8, 4) is 11.3 Å². The Morgan fingerprint density at radius 1 is 0.875 bits per heavy atom. The average molecular weight is 729 g/mol. The summed E-state index contributed by atoms with van der Waals surface area (Å²) in [5, 5.41) is 15.8. The van der Waals surface area contributed by atoms with Crippen LogP contribution in [-0.4, -0.2) is 15.9 Å². The number of hydrogen-bond donors (Lipinski definition) is 1. The van der Waals surface area contributed by atoms with Crippen LogP contribution in [0.15, 0.2) is 78.7 Å². The first-order chi connectivity index (χ1) is 18.9. The molecule has 0 aliphatic carbocycles. The Labute approximate surface area is 255 Å². The van der Waals surface area contributed by atoms with Crippen molar-refractivity contribution in [3.63, 3.8) is 0 Å². The third-order valence-electron chi connectivity index (χ3n) is 7.56. The van der Waals surface area contributed by atoms with Gasteiger partial charge in [-0.3, -0.25) is 9.78 Å². The second-order valence-electron chi connectivity index (χ2n) is 10.0. The molecule has 0 saturated heterocycles. The normalized spacial score (nSPS) is 11.6. The Morgan fingerprint density at radius 2 is 1.48 bits per heavy atom. The molecule has 0 spiro atoms. The van der Waals surface area contributed by atoms with Gasteiger partial charge in [0.2, 0.25) is 0 Å². The molecule has 0 atom stereocenters. The molecule has 211 valence electrons. The summed E-state index contributed by atoms with van der Waals surface area (Å²) in [6.07, 6.45) is 6.81. The second-order valence-corrected chi connectivity index (χ2v) is 11.3. The van der Waals surface area contributed by atoms with Gasteiger partial charge < -0.3 is 5.11 Å². The van der Waals surface area contributed by atoms with Gasteiger partial charge in [-0.05, 0) is 50.1 Å². The first-order valence-electron chi connectivity index (χ1n) is 14.0. The zero-order valence-electron chi connectivity index (χ0n) is 24.0. The third kappa shape index (κ3) is 6.89.